The Morgan fingerprint density at radius 1 is 1.15 bits per heavy atom. The molecule has 1 aromatic rings. The minimum atomic E-state index is -2.80. The Morgan fingerprint density at radius 2 is 1.90 bits per heavy atom. The molecule has 3 nitrogen and oxygen atoms in total. The summed E-state index contributed by atoms with van der Waals surface area (Å²) in [4.78, 5) is 0. The number of nitrogens with one attached hydrogen (secondary N) is 1. The molecule has 0 aromatic heterocycles. The van der Waals surface area contributed by atoms with Gasteiger partial charge in [-0.1, -0.05) is 24.3 Å². The van der Waals surface area contributed by atoms with Crippen LogP contribution >= 0.6 is 0 Å². The van der Waals surface area contributed by atoms with Crippen LogP contribution in [0.25, 0.3) is 0 Å². The third kappa shape index (κ3) is 3.07. The van der Waals surface area contributed by atoms with Gasteiger partial charge in [-0.3, -0.25) is 0 Å². The molecule has 1 atom stereocenters. The number of sulfone groups is 1. The van der Waals surface area contributed by atoms with Crippen molar-refractivity contribution < 1.29 is 8.42 Å². The topological polar surface area (TPSA) is 46.2 Å². The summed E-state index contributed by atoms with van der Waals surface area (Å²) in [7, 11) is -2.80. The third-order valence-electron chi connectivity index (χ3n) is 4.70. The maximum Gasteiger partial charge on any atom is 0.151 e. The summed E-state index contributed by atoms with van der Waals surface area (Å²) < 4.78 is 23.3. The van der Waals surface area contributed by atoms with Crippen LogP contribution in [0.3, 0.4) is 0 Å². The van der Waals surface area contributed by atoms with Gasteiger partial charge in [0.15, 0.2) is 9.84 Å². The van der Waals surface area contributed by atoms with E-state index in [1.807, 2.05) is 0 Å². The molecule has 2 aliphatic rings. The molecule has 1 N–H and O–H groups in total. The van der Waals surface area contributed by atoms with Crippen LogP contribution in [0.1, 0.15) is 42.7 Å². The van der Waals surface area contributed by atoms with Gasteiger partial charge in [-0.05, 0) is 49.7 Å². The van der Waals surface area contributed by atoms with E-state index in [0.717, 1.165) is 25.7 Å². The summed E-state index contributed by atoms with van der Waals surface area (Å²) in [6.07, 6.45) is 4.10. The van der Waals surface area contributed by atoms with E-state index in [0.29, 0.717) is 23.5 Å². The van der Waals surface area contributed by atoms with Crippen molar-refractivity contribution in [3.8, 4) is 0 Å². The van der Waals surface area contributed by atoms with Gasteiger partial charge in [0.2, 0.25) is 0 Å². The molecule has 1 aromatic carbocycles. The monoisotopic (exact) mass is 293 g/mol. The third-order valence-corrected chi connectivity index (χ3v) is 6.52. The van der Waals surface area contributed by atoms with Crippen LogP contribution in [0.15, 0.2) is 24.3 Å². The van der Waals surface area contributed by atoms with E-state index in [-0.39, 0.29) is 6.04 Å². The molecule has 1 saturated heterocycles. The lowest BCUT2D eigenvalue weighted by atomic mass is 9.74. The van der Waals surface area contributed by atoms with Gasteiger partial charge in [0.05, 0.1) is 11.5 Å². The molecule has 4 heteroatoms. The molecule has 110 valence electrons. The first-order chi connectivity index (χ1) is 9.53. The second-order valence-corrected chi connectivity index (χ2v) is 8.57. The van der Waals surface area contributed by atoms with Crippen molar-refractivity contribution in [2.24, 2.45) is 0 Å². The second kappa shape index (κ2) is 5.49. The van der Waals surface area contributed by atoms with Crippen molar-refractivity contribution in [3.05, 3.63) is 35.4 Å². The number of rotatable bonds is 3. The minimum absolute atomic E-state index is 0.177. The molecule has 1 aliphatic carbocycles. The Morgan fingerprint density at radius 3 is 2.60 bits per heavy atom. The van der Waals surface area contributed by atoms with Crippen LogP contribution in [0, 0.1) is 6.92 Å². The minimum Gasteiger partial charge on any atom is -0.310 e. The molecular formula is C16H23NO2S. The average molecular weight is 293 g/mol. The summed E-state index contributed by atoms with van der Waals surface area (Å²) in [5, 5.41) is 3.55. The number of benzene rings is 1. The van der Waals surface area contributed by atoms with Gasteiger partial charge in [0.25, 0.3) is 0 Å². The molecule has 1 unspecified atom stereocenters. The van der Waals surface area contributed by atoms with E-state index in [1.165, 1.54) is 11.1 Å². The van der Waals surface area contributed by atoms with Gasteiger partial charge in [-0.2, -0.15) is 0 Å². The van der Waals surface area contributed by atoms with Crippen LogP contribution in [0.2, 0.25) is 0 Å². The van der Waals surface area contributed by atoms with Gasteiger partial charge in [0, 0.05) is 12.1 Å². The largest absolute Gasteiger partial charge is 0.310 e. The molecular weight excluding hydrogens is 270 g/mol. The first-order valence-corrected chi connectivity index (χ1v) is 9.37. The lowest BCUT2D eigenvalue weighted by molar-refractivity contribution is 0.263. The van der Waals surface area contributed by atoms with E-state index >= 15 is 0 Å². The fourth-order valence-electron chi connectivity index (χ4n) is 3.54. The summed E-state index contributed by atoms with van der Waals surface area (Å²) in [6.45, 7) is 2.17. The van der Waals surface area contributed by atoms with Gasteiger partial charge >= 0.3 is 0 Å². The normalized spacial score (nSPS) is 32.5. The van der Waals surface area contributed by atoms with Gasteiger partial charge in [-0.15, -0.1) is 0 Å². The predicted octanol–water partition coefficient (Wildman–Crippen LogP) is 2.41. The number of hydrogen-bond donors (Lipinski definition) is 1. The first kappa shape index (κ1) is 14.1. The quantitative estimate of drug-likeness (QED) is 0.931. The Bertz CT molecular complexity index is 576. The highest BCUT2D eigenvalue weighted by atomic mass is 32.2. The molecule has 0 radical (unpaired) electrons. The van der Waals surface area contributed by atoms with Crippen molar-refractivity contribution in [2.75, 3.05) is 11.5 Å². The van der Waals surface area contributed by atoms with Crippen molar-refractivity contribution in [1.29, 1.82) is 0 Å². The van der Waals surface area contributed by atoms with Crippen LogP contribution in [-0.2, 0) is 9.84 Å². The Kier molecular flexibility index (Phi) is 3.87. The summed E-state index contributed by atoms with van der Waals surface area (Å²) in [5.74, 6) is 1.36. The van der Waals surface area contributed by atoms with Crippen molar-refractivity contribution in [1.82, 2.24) is 5.32 Å². The van der Waals surface area contributed by atoms with Crippen LogP contribution < -0.4 is 5.32 Å². The second-order valence-electron chi connectivity index (χ2n) is 6.34. The van der Waals surface area contributed by atoms with Crippen molar-refractivity contribution >= 4 is 9.84 Å². The number of hydrogen-bond acceptors (Lipinski definition) is 3. The fourth-order valence-corrected chi connectivity index (χ4v) is 5.19. The maximum absolute atomic E-state index is 11.6. The summed E-state index contributed by atoms with van der Waals surface area (Å²) in [5.41, 5.74) is 2.83. The SMILES string of the molecule is Cc1ccccc1C1CC(NC2CCCS(=O)(=O)C2)C1. The van der Waals surface area contributed by atoms with Crippen LogP contribution in [-0.4, -0.2) is 32.0 Å². The molecule has 2 fully saturated rings. The first-order valence-electron chi connectivity index (χ1n) is 7.55. The van der Waals surface area contributed by atoms with Crippen LogP contribution in [0.5, 0.6) is 0 Å². The zero-order valence-corrected chi connectivity index (χ0v) is 12.8. The zero-order chi connectivity index (χ0) is 14.2. The lowest BCUT2D eigenvalue weighted by Crippen LogP contribution is -2.49. The fraction of sp³-hybridized carbons (Fsp3) is 0.625. The van der Waals surface area contributed by atoms with E-state index in [2.05, 4.69) is 36.5 Å². The predicted molar refractivity (Wildman–Crippen MR) is 81.8 cm³/mol. The molecule has 3 rings (SSSR count). The molecule has 1 aliphatic heterocycles. The van der Waals surface area contributed by atoms with Gasteiger partial charge in [-0.25, -0.2) is 8.42 Å². The van der Waals surface area contributed by atoms with Gasteiger partial charge in [0.1, 0.15) is 0 Å². The highest BCUT2D eigenvalue weighted by molar-refractivity contribution is 7.91. The smallest absolute Gasteiger partial charge is 0.151 e. The summed E-state index contributed by atoms with van der Waals surface area (Å²) >= 11 is 0. The molecule has 20 heavy (non-hydrogen) atoms. The molecule has 0 amide bonds. The van der Waals surface area contributed by atoms with E-state index < -0.39 is 9.84 Å². The van der Waals surface area contributed by atoms with E-state index in [4.69, 9.17) is 0 Å². The van der Waals surface area contributed by atoms with Gasteiger partial charge < -0.3 is 5.32 Å². The maximum atomic E-state index is 11.6. The molecule has 1 saturated carbocycles. The molecule has 0 bridgehead atoms. The van der Waals surface area contributed by atoms with E-state index in [1.54, 1.807) is 0 Å². The van der Waals surface area contributed by atoms with Crippen molar-refractivity contribution in [3.63, 3.8) is 0 Å². The Labute approximate surface area is 121 Å². The number of aryl methyl sites for hydroxylation is 1. The molecule has 0 spiro atoms. The van der Waals surface area contributed by atoms with Crippen LogP contribution in [0.4, 0.5) is 0 Å². The average Bonchev–Trinajstić information content (AvgIpc) is 2.33. The standard InChI is InChI=1S/C16H23NO2S/c1-12-5-2-3-7-16(12)13-9-15(10-13)17-14-6-4-8-20(18,19)11-14/h2-3,5,7,13-15,17H,4,6,8-11H2,1H3. The molecule has 1 heterocycles. The lowest BCUT2D eigenvalue weighted by Gasteiger charge is -2.40. The Balaban J connectivity index is 1.53. The highest BCUT2D eigenvalue weighted by Gasteiger charge is 2.34. The summed E-state index contributed by atoms with van der Waals surface area (Å²) in [6, 6.07) is 9.26. The zero-order valence-electron chi connectivity index (χ0n) is 12.0. The highest BCUT2D eigenvalue weighted by Crippen LogP contribution is 2.38. The van der Waals surface area contributed by atoms with E-state index in [9.17, 15) is 8.42 Å². The van der Waals surface area contributed by atoms with Crippen molar-refractivity contribution in [2.45, 2.75) is 50.6 Å². The Hall–Kier alpha value is -0.870.